The van der Waals surface area contributed by atoms with Crippen LogP contribution in [0.2, 0.25) is 0 Å². The summed E-state index contributed by atoms with van der Waals surface area (Å²) >= 11 is 0. The van der Waals surface area contributed by atoms with E-state index in [9.17, 15) is 14.4 Å². The van der Waals surface area contributed by atoms with Crippen LogP contribution in [0.4, 0.5) is 0 Å². The van der Waals surface area contributed by atoms with Crippen LogP contribution in [0.3, 0.4) is 0 Å². The van der Waals surface area contributed by atoms with Gasteiger partial charge in [0.15, 0.2) is 0 Å². The van der Waals surface area contributed by atoms with Crippen LogP contribution in [0.25, 0.3) is 0 Å². The van der Waals surface area contributed by atoms with E-state index in [-0.39, 0.29) is 24.2 Å². The minimum absolute atomic E-state index is 0.0281. The van der Waals surface area contributed by atoms with Gasteiger partial charge in [-0.15, -0.1) is 0 Å². The van der Waals surface area contributed by atoms with Gasteiger partial charge in [-0.25, -0.2) is 0 Å². The van der Waals surface area contributed by atoms with Gasteiger partial charge in [-0.05, 0) is 12.8 Å². The summed E-state index contributed by atoms with van der Waals surface area (Å²) in [6.45, 7) is 1.68. The Morgan fingerprint density at radius 1 is 1.33 bits per heavy atom. The first-order valence-corrected chi connectivity index (χ1v) is 7.34. The molecule has 21 heavy (non-hydrogen) atoms. The lowest BCUT2D eigenvalue weighted by molar-refractivity contribution is -0.158. The number of nitrogens with zero attached hydrogens (tertiary/aromatic N) is 2. The van der Waals surface area contributed by atoms with Crippen LogP contribution in [0.5, 0.6) is 0 Å². The number of carboxylic acids is 1. The molecular weight excluding hydrogens is 276 g/mol. The smallest absolute Gasteiger partial charge is 0.305 e. The highest BCUT2D eigenvalue weighted by Crippen LogP contribution is 2.30. The molecule has 0 radical (unpaired) electrons. The van der Waals surface area contributed by atoms with Crippen molar-refractivity contribution in [2.24, 2.45) is 5.92 Å². The zero-order chi connectivity index (χ0) is 15.4. The molecule has 1 unspecified atom stereocenters. The highest BCUT2D eigenvalue weighted by atomic mass is 16.5. The number of methoxy groups -OCH3 is 1. The molecule has 1 saturated carbocycles. The molecule has 1 aliphatic heterocycles. The number of amides is 2. The zero-order valence-corrected chi connectivity index (χ0v) is 12.3. The van der Waals surface area contributed by atoms with Gasteiger partial charge in [0.05, 0.1) is 13.0 Å². The summed E-state index contributed by atoms with van der Waals surface area (Å²) < 4.78 is 4.96. The van der Waals surface area contributed by atoms with Crippen LogP contribution in [-0.4, -0.2) is 72.1 Å². The number of carbonyl (C=O) groups is 3. The summed E-state index contributed by atoms with van der Waals surface area (Å²) in [6, 6.07) is -0.874. The quantitative estimate of drug-likeness (QED) is 0.743. The van der Waals surface area contributed by atoms with Crippen molar-refractivity contribution in [3.8, 4) is 0 Å². The molecule has 7 nitrogen and oxygen atoms in total. The van der Waals surface area contributed by atoms with Gasteiger partial charge in [0.25, 0.3) is 0 Å². The van der Waals surface area contributed by atoms with Crippen LogP contribution in [0.15, 0.2) is 0 Å². The average Bonchev–Trinajstić information content (AvgIpc) is 2.37. The minimum atomic E-state index is -1.06. The average molecular weight is 298 g/mol. The number of rotatable bonds is 6. The maximum Gasteiger partial charge on any atom is 0.305 e. The van der Waals surface area contributed by atoms with Gasteiger partial charge in [0.2, 0.25) is 11.8 Å². The fourth-order valence-corrected chi connectivity index (χ4v) is 2.78. The Bertz CT molecular complexity index is 422. The molecule has 1 aliphatic carbocycles. The van der Waals surface area contributed by atoms with Crippen molar-refractivity contribution in [1.82, 2.24) is 9.80 Å². The number of hydrogen-bond donors (Lipinski definition) is 1. The third-order valence-corrected chi connectivity index (χ3v) is 4.25. The van der Waals surface area contributed by atoms with Crippen LogP contribution in [0.1, 0.15) is 25.7 Å². The van der Waals surface area contributed by atoms with Gasteiger partial charge >= 0.3 is 5.97 Å². The molecule has 1 atom stereocenters. The van der Waals surface area contributed by atoms with E-state index >= 15 is 0 Å². The van der Waals surface area contributed by atoms with E-state index in [2.05, 4.69) is 0 Å². The Morgan fingerprint density at radius 3 is 2.57 bits per heavy atom. The molecule has 2 fully saturated rings. The number of carbonyl (C=O) groups excluding carboxylic acids is 2. The Hall–Kier alpha value is -1.63. The Morgan fingerprint density at radius 2 is 2.05 bits per heavy atom. The fourth-order valence-electron chi connectivity index (χ4n) is 2.78. The first-order chi connectivity index (χ1) is 10.0. The number of hydrogen-bond acceptors (Lipinski definition) is 4. The Labute approximate surface area is 123 Å². The number of piperazine rings is 1. The van der Waals surface area contributed by atoms with E-state index in [0.29, 0.717) is 26.2 Å². The highest BCUT2D eigenvalue weighted by Gasteiger charge is 2.41. The van der Waals surface area contributed by atoms with Gasteiger partial charge in [-0.3, -0.25) is 14.4 Å². The molecule has 2 rings (SSSR count). The van der Waals surface area contributed by atoms with E-state index in [4.69, 9.17) is 9.84 Å². The molecule has 0 spiro atoms. The summed E-state index contributed by atoms with van der Waals surface area (Å²) in [4.78, 5) is 38.9. The molecule has 0 aromatic carbocycles. The van der Waals surface area contributed by atoms with E-state index in [0.717, 1.165) is 19.3 Å². The van der Waals surface area contributed by atoms with Crippen molar-refractivity contribution in [1.29, 1.82) is 0 Å². The lowest BCUT2D eigenvalue weighted by Gasteiger charge is -2.42. The lowest BCUT2D eigenvalue weighted by atomic mass is 9.83. The molecule has 2 aliphatic rings. The van der Waals surface area contributed by atoms with E-state index < -0.39 is 12.0 Å². The summed E-state index contributed by atoms with van der Waals surface area (Å²) in [5.41, 5.74) is 0. The number of ether oxygens (including phenoxy) is 1. The molecule has 7 heteroatoms. The minimum Gasteiger partial charge on any atom is -0.481 e. The van der Waals surface area contributed by atoms with Gasteiger partial charge in [0, 0.05) is 32.7 Å². The van der Waals surface area contributed by atoms with Gasteiger partial charge in [0.1, 0.15) is 6.04 Å². The Kier molecular flexibility index (Phi) is 5.17. The van der Waals surface area contributed by atoms with Crippen molar-refractivity contribution >= 4 is 17.8 Å². The summed E-state index contributed by atoms with van der Waals surface area (Å²) in [5, 5.41) is 9.02. The topological polar surface area (TPSA) is 87.2 Å². The first kappa shape index (κ1) is 15.8. The molecule has 1 heterocycles. The zero-order valence-electron chi connectivity index (χ0n) is 12.3. The van der Waals surface area contributed by atoms with Crippen molar-refractivity contribution in [2.75, 3.05) is 33.4 Å². The largest absolute Gasteiger partial charge is 0.481 e. The van der Waals surface area contributed by atoms with Crippen LogP contribution in [-0.2, 0) is 19.1 Å². The van der Waals surface area contributed by atoms with Crippen LogP contribution < -0.4 is 0 Å². The van der Waals surface area contributed by atoms with E-state index in [1.165, 1.54) is 4.90 Å². The molecule has 1 N–H and O–H groups in total. The summed E-state index contributed by atoms with van der Waals surface area (Å²) in [6.07, 6.45) is 2.38. The fraction of sp³-hybridized carbons (Fsp3) is 0.786. The highest BCUT2D eigenvalue weighted by molar-refractivity contribution is 5.92. The molecule has 118 valence electrons. The molecular formula is C14H22N2O5. The molecule has 2 amide bonds. The molecule has 1 saturated heterocycles. The van der Waals surface area contributed by atoms with Crippen molar-refractivity contribution in [2.45, 2.75) is 31.7 Å². The van der Waals surface area contributed by atoms with E-state index in [1.54, 1.807) is 12.0 Å². The first-order valence-electron chi connectivity index (χ1n) is 7.34. The second-order valence-corrected chi connectivity index (χ2v) is 5.59. The monoisotopic (exact) mass is 298 g/mol. The van der Waals surface area contributed by atoms with Crippen molar-refractivity contribution < 1.29 is 24.2 Å². The molecule has 0 bridgehead atoms. The number of carboxylic acid groups (broad SMARTS) is 1. The normalized spacial score (nSPS) is 23.1. The third-order valence-electron chi connectivity index (χ3n) is 4.25. The SMILES string of the molecule is COCCN1CCN(C(=O)C2CCC2)C(CC(=O)O)C1=O. The van der Waals surface area contributed by atoms with Crippen molar-refractivity contribution in [3.05, 3.63) is 0 Å². The van der Waals surface area contributed by atoms with Crippen LogP contribution >= 0.6 is 0 Å². The predicted molar refractivity (Wildman–Crippen MR) is 73.6 cm³/mol. The van der Waals surface area contributed by atoms with Crippen LogP contribution in [0, 0.1) is 5.92 Å². The second-order valence-electron chi connectivity index (χ2n) is 5.59. The van der Waals surface area contributed by atoms with Gasteiger partial charge in [-0.2, -0.15) is 0 Å². The number of aliphatic carboxylic acids is 1. The predicted octanol–water partition coefficient (Wildman–Crippen LogP) is -0.0530. The van der Waals surface area contributed by atoms with E-state index in [1.807, 2.05) is 0 Å². The van der Waals surface area contributed by atoms with Crippen molar-refractivity contribution in [3.63, 3.8) is 0 Å². The summed E-state index contributed by atoms with van der Waals surface area (Å²) in [5.74, 6) is -1.44. The lowest BCUT2D eigenvalue weighted by Crippen LogP contribution is -2.61. The Balaban J connectivity index is 2.07. The second kappa shape index (κ2) is 6.89. The maximum atomic E-state index is 12.4. The summed E-state index contributed by atoms with van der Waals surface area (Å²) in [7, 11) is 1.55. The molecule has 0 aromatic heterocycles. The van der Waals surface area contributed by atoms with Gasteiger partial charge in [-0.1, -0.05) is 6.42 Å². The standard InChI is InChI=1S/C14H22N2O5/c1-21-8-7-15-5-6-16(13(19)10-3-2-4-10)11(14(15)20)9-12(17)18/h10-11H,2-9H2,1H3,(H,17,18). The third kappa shape index (κ3) is 3.53. The molecule has 0 aromatic rings. The maximum absolute atomic E-state index is 12.4. The van der Waals surface area contributed by atoms with Gasteiger partial charge < -0.3 is 19.6 Å².